The van der Waals surface area contributed by atoms with Crippen molar-refractivity contribution in [2.24, 2.45) is 0 Å². The van der Waals surface area contributed by atoms with Gasteiger partial charge in [0.05, 0.1) is 0 Å². The molecule has 0 bridgehead atoms. The van der Waals surface area contributed by atoms with Crippen LogP contribution in [0.2, 0.25) is 39.3 Å². The number of phosphoric acid groups is 1. The third kappa shape index (κ3) is 11.2. The van der Waals surface area contributed by atoms with Crippen molar-refractivity contribution in [3.8, 4) is 0 Å². The Hall–Kier alpha value is 1.63. The van der Waals surface area contributed by atoms with Crippen molar-refractivity contribution in [1.29, 1.82) is 0 Å². The molecule has 0 saturated carbocycles. The van der Waals surface area contributed by atoms with Crippen molar-refractivity contribution < 1.29 is 17.2 Å². The van der Waals surface area contributed by atoms with Crippen molar-refractivity contribution in [2.45, 2.75) is 39.3 Å². The average molecular weight is 376 g/mol. The summed E-state index contributed by atoms with van der Waals surface area (Å²) in [5, 5.41) is 0. The van der Waals surface area contributed by atoms with Gasteiger partial charge in [0, 0.05) is 0 Å². The molecule has 0 heterocycles. The lowest BCUT2D eigenvalue weighted by Gasteiger charge is -2.30. The smallest absolute Gasteiger partial charge is 0.315 e. The van der Waals surface area contributed by atoms with E-state index in [9.17, 15) is 4.57 Å². The van der Waals surface area contributed by atoms with Gasteiger partial charge in [-0.25, -0.2) is 4.57 Å². The Bertz CT molecular complexity index is 262. The molecule has 0 aromatic rings. The second-order valence-corrected chi connectivity index (χ2v) is 24.3. The Morgan fingerprint density at radius 2 is 0.882 bits per heavy atom. The van der Waals surface area contributed by atoms with Gasteiger partial charge < -0.3 is 12.6 Å². The van der Waals surface area contributed by atoms with Crippen LogP contribution in [0.3, 0.4) is 0 Å². The molecular formula is C6H18Cl3O4PSi3. The first-order valence-corrected chi connectivity index (χ1v) is 18.1. The summed E-state index contributed by atoms with van der Waals surface area (Å²) in [5.41, 5.74) is 0. The molecule has 0 rings (SSSR count). The molecule has 0 N–H and O–H groups in total. The summed E-state index contributed by atoms with van der Waals surface area (Å²) >= 11 is 18.0. The summed E-state index contributed by atoms with van der Waals surface area (Å²) in [6.07, 6.45) is 0. The fraction of sp³-hybridized carbons (Fsp3) is 1.00. The Labute approximate surface area is 120 Å². The lowest BCUT2D eigenvalue weighted by atomic mass is 11.9. The lowest BCUT2D eigenvalue weighted by molar-refractivity contribution is 0.301. The Morgan fingerprint density at radius 1 is 0.706 bits per heavy atom. The first-order valence-electron chi connectivity index (χ1n) is 4.91. The standard InChI is InChI=1S/C6H18Cl3O4PSi3/c1-15(2,7)11-14(10,12-16(3,4)8)13-17(5,6)9/h1-6H3. The van der Waals surface area contributed by atoms with Crippen LogP contribution in [0, 0.1) is 0 Å². The molecule has 0 amide bonds. The SMILES string of the molecule is C[Si](C)(Cl)OP(=O)(O[Si](C)(C)Cl)O[Si](C)(C)Cl. The Morgan fingerprint density at radius 3 is 1.00 bits per heavy atom. The van der Waals surface area contributed by atoms with E-state index in [-0.39, 0.29) is 0 Å². The summed E-state index contributed by atoms with van der Waals surface area (Å²) in [6.45, 7) is 10.00. The largest absolute Gasteiger partial charge is 0.448 e. The van der Waals surface area contributed by atoms with Crippen LogP contribution in [0.5, 0.6) is 0 Å². The van der Waals surface area contributed by atoms with Crippen LogP contribution < -0.4 is 0 Å². The Kier molecular flexibility index (Phi) is 6.52. The molecule has 17 heavy (non-hydrogen) atoms. The van der Waals surface area contributed by atoms with Crippen molar-refractivity contribution in [3.63, 3.8) is 0 Å². The quantitative estimate of drug-likeness (QED) is 0.373. The molecular weight excluding hydrogens is 358 g/mol. The number of halogens is 3. The summed E-state index contributed by atoms with van der Waals surface area (Å²) in [6, 6.07) is 0. The summed E-state index contributed by atoms with van der Waals surface area (Å²) in [7, 11) is -11.6. The molecule has 11 heteroatoms. The normalized spacial score (nSPS) is 15.1. The van der Waals surface area contributed by atoms with E-state index in [1.165, 1.54) is 0 Å². The highest BCUT2D eigenvalue weighted by molar-refractivity contribution is 7.57. The molecule has 0 radical (unpaired) electrons. The van der Waals surface area contributed by atoms with Crippen LogP contribution in [0.15, 0.2) is 0 Å². The monoisotopic (exact) mass is 374 g/mol. The van der Waals surface area contributed by atoms with Gasteiger partial charge in [-0.1, -0.05) is 0 Å². The average Bonchev–Trinajstić information content (AvgIpc) is 1.65. The van der Waals surface area contributed by atoms with E-state index < -0.39 is 30.7 Å². The van der Waals surface area contributed by atoms with Crippen LogP contribution >= 0.6 is 41.1 Å². The van der Waals surface area contributed by atoms with Gasteiger partial charge in [0.25, 0.3) is 22.9 Å². The zero-order valence-corrected chi connectivity index (χ0v) is 16.9. The topological polar surface area (TPSA) is 44.8 Å². The number of hydrogen-bond donors (Lipinski definition) is 0. The third-order valence-electron chi connectivity index (χ3n) is 0.987. The fourth-order valence-electron chi connectivity index (χ4n) is 0.853. The van der Waals surface area contributed by atoms with E-state index in [1.54, 1.807) is 39.3 Å². The maximum atomic E-state index is 12.4. The third-order valence-corrected chi connectivity index (χ3v) is 10.7. The minimum atomic E-state index is -3.79. The van der Waals surface area contributed by atoms with E-state index >= 15 is 0 Å². The van der Waals surface area contributed by atoms with E-state index in [4.69, 9.17) is 45.9 Å². The van der Waals surface area contributed by atoms with Gasteiger partial charge in [0.2, 0.25) is 0 Å². The van der Waals surface area contributed by atoms with Crippen LogP contribution in [0.4, 0.5) is 0 Å². The molecule has 0 saturated heterocycles. The molecule has 0 atom stereocenters. The molecule has 0 aliphatic heterocycles. The van der Waals surface area contributed by atoms with Crippen molar-refractivity contribution in [1.82, 2.24) is 0 Å². The van der Waals surface area contributed by atoms with Gasteiger partial charge in [-0.3, -0.25) is 0 Å². The molecule has 4 nitrogen and oxygen atoms in total. The van der Waals surface area contributed by atoms with Crippen molar-refractivity contribution in [3.05, 3.63) is 0 Å². The highest BCUT2D eigenvalue weighted by atomic mass is 35.6. The highest BCUT2D eigenvalue weighted by Crippen LogP contribution is 2.57. The van der Waals surface area contributed by atoms with Crippen LogP contribution in [-0.4, -0.2) is 22.9 Å². The zero-order valence-electron chi connectivity index (χ0n) is 10.7. The predicted octanol–water partition coefficient (Wildman–Crippen LogP) is 4.97. The summed E-state index contributed by atoms with van der Waals surface area (Å²) < 4.78 is 28.3. The molecule has 104 valence electrons. The first kappa shape index (κ1) is 18.6. The van der Waals surface area contributed by atoms with Crippen LogP contribution in [0.25, 0.3) is 0 Å². The molecule has 0 aliphatic carbocycles. The van der Waals surface area contributed by atoms with Gasteiger partial charge in [-0.2, -0.15) is 0 Å². The lowest BCUT2D eigenvalue weighted by Crippen LogP contribution is -2.31. The van der Waals surface area contributed by atoms with Crippen LogP contribution in [0.1, 0.15) is 0 Å². The first-order chi connectivity index (χ1) is 7.12. The fourth-order valence-corrected chi connectivity index (χ4v) is 11.0. The van der Waals surface area contributed by atoms with Gasteiger partial charge >= 0.3 is 7.82 Å². The summed E-state index contributed by atoms with van der Waals surface area (Å²) in [4.78, 5) is 0. The van der Waals surface area contributed by atoms with Gasteiger partial charge in [-0.05, 0) is 39.3 Å². The zero-order chi connectivity index (χ0) is 14.1. The van der Waals surface area contributed by atoms with Crippen molar-refractivity contribution in [2.75, 3.05) is 0 Å². The molecule has 0 aromatic carbocycles. The molecule has 0 aromatic heterocycles. The van der Waals surface area contributed by atoms with E-state index in [2.05, 4.69) is 0 Å². The maximum absolute atomic E-state index is 12.4. The molecule has 0 unspecified atom stereocenters. The van der Waals surface area contributed by atoms with Crippen molar-refractivity contribution >= 4 is 63.9 Å². The number of hydrogen-bond acceptors (Lipinski definition) is 4. The second kappa shape index (κ2) is 5.95. The Balaban J connectivity index is 5.03. The van der Waals surface area contributed by atoms with E-state index in [0.717, 1.165) is 0 Å². The summed E-state index contributed by atoms with van der Waals surface area (Å²) in [5.74, 6) is 0. The molecule has 0 spiro atoms. The highest BCUT2D eigenvalue weighted by Gasteiger charge is 2.44. The molecule has 0 fully saturated rings. The van der Waals surface area contributed by atoms with Crippen LogP contribution in [-0.2, 0) is 17.2 Å². The van der Waals surface area contributed by atoms with Gasteiger partial charge in [-0.15, -0.1) is 33.2 Å². The van der Waals surface area contributed by atoms with Gasteiger partial charge in [0.1, 0.15) is 0 Å². The minimum Gasteiger partial charge on any atom is -0.315 e. The predicted molar refractivity (Wildman–Crippen MR) is 80.9 cm³/mol. The van der Waals surface area contributed by atoms with E-state index in [0.29, 0.717) is 0 Å². The maximum Gasteiger partial charge on any atom is 0.448 e. The number of rotatable bonds is 6. The van der Waals surface area contributed by atoms with Gasteiger partial charge in [0.15, 0.2) is 0 Å². The molecule has 0 aliphatic rings. The van der Waals surface area contributed by atoms with E-state index in [1.807, 2.05) is 0 Å². The minimum absolute atomic E-state index is 1.67. The second-order valence-electron chi connectivity index (χ2n) is 4.81.